The van der Waals surface area contributed by atoms with Crippen LogP contribution in [0.1, 0.15) is 38.5 Å². The summed E-state index contributed by atoms with van der Waals surface area (Å²) in [7, 11) is 1.82. The van der Waals surface area contributed by atoms with E-state index in [1.165, 1.54) is 44.9 Å². The summed E-state index contributed by atoms with van der Waals surface area (Å²) in [5, 5.41) is 0. The molecule has 24 heavy (non-hydrogen) atoms. The summed E-state index contributed by atoms with van der Waals surface area (Å²) in [4.78, 5) is 27.9. The zero-order valence-corrected chi connectivity index (χ0v) is 14.1. The minimum atomic E-state index is -0.0356. The van der Waals surface area contributed by atoms with Crippen LogP contribution < -0.4 is 10.5 Å². The molecule has 1 aliphatic heterocycles. The van der Waals surface area contributed by atoms with Crippen LogP contribution in [-0.2, 0) is 7.05 Å². The predicted molar refractivity (Wildman–Crippen MR) is 92.8 cm³/mol. The van der Waals surface area contributed by atoms with Crippen LogP contribution >= 0.6 is 0 Å². The summed E-state index contributed by atoms with van der Waals surface area (Å²) in [6, 6.07) is 3.88. The standard InChI is InChI=1S/C18H23N5O/c1-22-17(24)11-15(14-8-9-19-12-20-14)21-18(22)23-10-4-6-13-5-2-3-7-16(13)23/h8-9,11-13,16H,2-7,10H2,1H3/t13?,16-/m0/s1. The Morgan fingerprint density at radius 3 is 2.79 bits per heavy atom. The third kappa shape index (κ3) is 2.70. The number of anilines is 1. The number of rotatable bonds is 2. The Hall–Kier alpha value is -2.24. The minimum absolute atomic E-state index is 0.0356. The summed E-state index contributed by atoms with van der Waals surface area (Å²) in [5.41, 5.74) is 1.29. The maximum atomic E-state index is 12.5. The second-order valence-electron chi connectivity index (χ2n) is 6.88. The second kappa shape index (κ2) is 6.34. The fraction of sp³-hybridized carbons (Fsp3) is 0.556. The highest BCUT2D eigenvalue weighted by atomic mass is 16.1. The molecule has 2 aliphatic rings. The molecular formula is C18H23N5O. The van der Waals surface area contributed by atoms with E-state index < -0.39 is 0 Å². The molecule has 0 N–H and O–H groups in total. The molecular weight excluding hydrogens is 302 g/mol. The molecule has 0 aromatic carbocycles. The lowest BCUT2D eigenvalue weighted by Crippen LogP contribution is -2.49. The number of hydrogen-bond donors (Lipinski definition) is 0. The maximum Gasteiger partial charge on any atom is 0.255 e. The predicted octanol–water partition coefficient (Wildman–Crippen LogP) is 2.40. The first-order valence-electron chi connectivity index (χ1n) is 8.85. The molecule has 1 unspecified atom stereocenters. The number of piperidine rings is 1. The molecule has 6 heteroatoms. The molecule has 2 aromatic rings. The van der Waals surface area contributed by atoms with Crippen molar-refractivity contribution in [1.82, 2.24) is 19.5 Å². The quantitative estimate of drug-likeness (QED) is 0.848. The van der Waals surface area contributed by atoms with Gasteiger partial charge < -0.3 is 4.90 Å². The van der Waals surface area contributed by atoms with Crippen molar-refractivity contribution in [2.24, 2.45) is 13.0 Å². The Balaban J connectivity index is 1.77. The molecule has 4 rings (SSSR count). The maximum absolute atomic E-state index is 12.5. The van der Waals surface area contributed by atoms with Gasteiger partial charge >= 0.3 is 0 Å². The van der Waals surface area contributed by atoms with Crippen LogP contribution in [0.3, 0.4) is 0 Å². The largest absolute Gasteiger partial charge is 0.339 e. The van der Waals surface area contributed by atoms with Crippen LogP contribution in [0.5, 0.6) is 0 Å². The summed E-state index contributed by atoms with van der Waals surface area (Å²) in [5.74, 6) is 1.53. The van der Waals surface area contributed by atoms with Crippen LogP contribution in [0.15, 0.2) is 29.5 Å². The molecule has 1 saturated carbocycles. The Kier molecular flexibility index (Phi) is 4.04. The lowest BCUT2D eigenvalue weighted by atomic mass is 9.78. The summed E-state index contributed by atoms with van der Waals surface area (Å²) < 4.78 is 1.68. The Morgan fingerprint density at radius 2 is 1.96 bits per heavy atom. The first kappa shape index (κ1) is 15.3. The number of fused-ring (bicyclic) bond motifs is 1. The van der Waals surface area contributed by atoms with Crippen molar-refractivity contribution < 1.29 is 0 Å². The highest BCUT2D eigenvalue weighted by Gasteiger charge is 2.35. The van der Waals surface area contributed by atoms with Gasteiger partial charge in [0.15, 0.2) is 0 Å². The highest BCUT2D eigenvalue weighted by Crippen LogP contribution is 2.37. The lowest BCUT2D eigenvalue weighted by molar-refractivity contribution is 0.240. The average Bonchev–Trinajstić information content (AvgIpc) is 2.64. The molecule has 6 nitrogen and oxygen atoms in total. The molecule has 126 valence electrons. The molecule has 2 atom stereocenters. The summed E-state index contributed by atoms with van der Waals surface area (Å²) in [6.07, 6.45) is 10.8. The van der Waals surface area contributed by atoms with Gasteiger partial charge in [0.05, 0.1) is 11.4 Å². The van der Waals surface area contributed by atoms with Crippen molar-refractivity contribution in [2.75, 3.05) is 11.4 Å². The molecule has 1 aliphatic carbocycles. The Labute approximate surface area is 141 Å². The molecule has 2 fully saturated rings. The average molecular weight is 325 g/mol. The molecule has 0 radical (unpaired) electrons. The molecule has 0 amide bonds. The van der Waals surface area contributed by atoms with Gasteiger partial charge in [0.2, 0.25) is 5.95 Å². The fourth-order valence-electron chi connectivity index (χ4n) is 4.23. The molecule has 0 bridgehead atoms. The zero-order valence-electron chi connectivity index (χ0n) is 14.1. The highest BCUT2D eigenvalue weighted by molar-refractivity contribution is 5.55. The van der Waals surface area contributed by atoms with Crippen LogP contribution in [0.4, 0.5) is 5.95 Å². The smallest absolute Gasteiger partial charge is 0.255 e. The van der Waals surface area contributed by atoms with Crippen LogP contribution in [-0.4, -0.2) is 32.1 Å². The van der Waals surface area contributed by atoms with Crippen molar-refractivity contribution in [2.45, 2.75) is 44.6 Å². The van der Waals surface area contributed by atoms with Gasteiger partial charge in [-0.15, -0.1) is 0 Å². The molecule has 3 heterocycles. The summed E-state index contributed by atoms with van der Waals surface area (Å²) >= 11 is 0. The van der Waals surface area contributed by atoms with E-state index in [4.69, 9.17) is 4.98 Å². The van der Waals surface area contributed by atoms with Crippen LogP contribution in [0.25, 0.3) is 11.4 Å². The van der Waals surface area contributed by atoms with E-state index in [1.807, 2.05) is 7.05 Å². The van der Waals surface area contributed by atoms with Crippen molar-refractivity contribution in [3.05, 3.63) is 35.0 Å². The first-order chi connectivity index (χ1) is 11.7. The van der Waals surface area contributed by atoms with Crippen LogP contribution in [0.2, 0.25) is 0 Å². The second-order valence-corrected chi connectivity index (χ2v) is 6.88. The van der Waals surface area contributed by atoms with Crippen molar-refractivity contribution >= 4 is 5.95 Å². The van der Waals surface area contributed by atoms with Gasteiger partial charge in [0.25, 0.3) is 5.56 Å². The van der Waals surface area contributed by atoms with Crippen molar-refractivity contribution in [1.29, 1.82) is 0 Å². The zero-order chi connectivity index (χ0) is 16.5. The van der Waals surface area contributed by atoms with E-state index in [1.54, 1.807) is 22.9 Å². The van der Waals surface area contributed by atoms with Gasteiger partial charge in [-0.3, -0.25) is 9.36 Å². The Bertz CT molecular complexity index is 771. The van der Waals surface area contributed by atoms with E-state index >= 15 is 0 Å². The normalized spacial score (nSPS) is 23.8. The van der Waals surface area contributed by atoms with Gasteiger partial charge in [-0.05, 0) is 37.7 Å². The van der Waals surface area contributed by atoms with Gasteiger partial charge in [-0.1, -0.05) is 12.8 Å². The van der Waals surface area contributed by atoms with Gasteiger partial charge in [0, 0.05) is 31.9 Å². The SMILES string of the molecule is Cn1c(N2CCCC3CCCC[C@@H]32)nc(-c2ccncn2)cc1=O. The first-order valence-corrected chi connectivity index (χ1v) is 8.85. The van der Waals surface area contributed by atoms with E-state index in [0.29, 0.717) is 17.4 Å². The van der Waals surface area contributed by atoms with E-state index in [-0.39, 0.29) is 5.56 Å². The van der Waals surface area contributed by atoms with Gasteiger partial charge in [0.1, 0.15) is 6.33 Å². The fourth-order valence-corrected chi connectivity index (χ4v) is 4.23. The third-order valence-corrected chi connectivity index (χ3v) is 5.46. The third-order valence-electron chi connectivity index (χ3n) is 5.46. The monoisotopic (exact) mass is 325 g/mol. The van der Waals surface area contributed by atoms with Gasteiger partial charge in [-0.25, -0.2) is 15.0 Å². The van der Waals surface area contributed by atoms with E-state index in [2.05, 4.69) is 14.9 Å². The number of hydrogen-bond acceptors (Lipinski definition) is 5. The van der Waals surface area contributed by atoms with E-state index in [0.717, 1.165) is 18.4 Å². The van der Waals surface area contributed by atoms with Crippen LogP contribution in [0, 0.1) is 5.92 Å². The van der Waals surface area contributed by atoms with Crippen molar-refractivity contribution in [3.63, 3.8) is 0 Å². The molecule has 1 saturated heterocycles. The Morgan fingerprint density at radius 1 is 1.12 bits per heavy atom. The topological polar surface area (TPSA) is 63.9 Å². The van der Waals surface area contributed by atoms with Crippen molar-refractivity contribution in [3.8, 4) is 11.4 Å². The van der Waals surface area contributed by atoms with Gasteiger partial charge in [-0.2, -0.15) is 0 Å². The summed E-state index contributed by atoms with van der Waals surface area (Å²) in [6.45, 7) is 0.981. The number of nitrogens with zero attached hydrogens (tertiary/aromatic N) is 5. The molecule has 2 aromatic heterocycles. The molecule has 0 spiro atoms. The van der Waals surface area contributed by atoms with E-state index in [9.17, 15) is 4.79 Å². The lowest BCUT2D eigenvalue weighted by Gasteiger charge is -2.45. The minimum Gasteiger partial charge on any atom is -0.339 e. The number of aromatic nitrogens is 4.